The van der Waals surface area contributed by atoms with E-state index in [1.807, 2.05) is 22.7 Å². The van der Waals surface area contributed by atoms with Gasteiger partial charge in [0.05, 0.1) is 11.0 Å². The van der Waals surface area contributed by atoms with Gasteiger partial charge in [0.1, 0.15) is 0 Å². The van der Waals surface area contributed by atoms with Gasteiger partial charge in [0, 0.05) is 68.1 Å². The van der Waals surface area contributed by atoms with Crippen LogP contribution in [0, 0.1) is 0 Å². The molecule has 1 nitrogen and oxygen atoms in total. The van der Waals surface area contributed by atoms with Gasteiger partial charge in [-0.3, -0.25) is 0 Å². The number of pyridine rings is 1. The summed E-state index contributed by atoms with van der Waals surface area (Å²) >= 11 is 3.79. The largest absolute Gasteiger partial charge is 0.314 e. The summed E-state index contributed by atoms with van der Waals surface area (Å²) in [5.74, 6) is 0. The molecule has 0 unspecified atom stereocenters. The van der Waals surface area contributed by atoms with Crippen molar-refractivity contribution >= 4 is 101 Å². The number of benzene rings is 5. The molecule has 4 heterocycles. The van der Waals surface area contributed by atoms with Gasteiger partial charge in [-0.2, -0.15) is 0 Å². The van der Waals surface area contributed by atoms with Crippen LogP contribution in [0.5, 0.6) is 0 Å². The smallest absolute Gasteiger partial charge is 0.0628 e. The Kier molecular flexibility index (Phi) is 3.36. The molecule has 4 aromatic heterocycles. The van der Waals surface area contributed by atoms with Crippen LogP contribution in [0.15, 0.2) is 103 Å². The molecular weight excluding hydrogens is 462 g/mol. The molecule has 0 saturated heterocycles. The zero-order valence-corrected chi connectivity index (χ0v) is 20.2. The van der Waals surface area contributed by atoms with E-state index >= 15 is 0 Å². The summed E-state index contributed by atoms with van der Waals surface area (Å²) in [6, 6.07) is 36.0. The molecule has 9 aromatic rings. The second kappa shape index (κ2) is 6.39. The van der Waals surface area contributed by atoms with E-state index in [9.17, 15) is 0 Å². The zero-order chi connectivity index (χ0) is 22.7. The number of rotatable bonds is 0. The number of thiophene rings is 2. The summed E-state index contributed by atoms with van der Waals surface area (Å²) in [6.45, 7) is 0. The highest BCUT2D eigenvalue weighted by atomic mass is 32.1. The van der Waals surface area contributed by atoms with Gasteiger partial charge in [0.15, 0.2) is 0 Å². The van der Waals surface area contributed by atoms with Crippen LogP contribution in [0.3, 0.4) is 0 Å². The van der Waals surface area contributed by atoms with Crippen LogP contribution in [-0.4, -0.2) is 4.40 Å². The van der Waals surface area contributed by atoms with Crippen LogP contribution >= 0.6 is 22.7 Å². The Balaban J connectivity index is 1.65. The Morgan fingerprint density at radius 3 is 2.03 bits per heavy atom. The van der Waals surface area contributed by atoms with Crippen LogP contribution in [-0.2, 0) is 0 Å². The number of hydrogen-bond donors (Lipinski definition) is 0. The molecular formula is C32H17NS2. The quantitative estimate of drug-likeness (QED) is 0.191. The first-order valence-corrected chi connectivity index (χ1v) is 13.5. The molecule has 162 valence electrons. The summed E-state index contributed by atoms with van der Waals surface area (Å²) in [5, 5.41) is 12.0. The maximum Gasteiger partial charge on any atom is 0.0628 e. The van der Waals surface area contributed by atoms with Gasteiger partial charge < -0.3 is 4.40 Å². The first-order valence-electron chi connectivity index (χ1n) is 11.9. The van der Waals surface area contributed by atoms with E-state index in [1.54, 1.807) is 0 Å². The van der Waals surface area contributed by atoms with Crippen molar-refractivity contribution in [1.29, 1.82) is 0 Å². The molecule has 5 aromatic carbocycles. The summed E-state index contributed by atoms with van der Waals surface area (Å²) in [7, 11) is 0. The lowest BCUT2D eigenvalue weighted by atomic mass is 9.99. The van der Waals surface area contributed by atoms with Gasteiger partial charge in [0.2, 0.25) is 0 Å². The molecule has 0 aliphatic rings. The fourth-order valence-corrected chi connectivity index (χ4v) is 8.30. The second-order valence-corrected chi connectivity index (χ2v) is 11.5. The van der Waals surface area contributed by atoms with Crippen LogP contribution in [0.2, 0.25) is 0 Å². The molecule has 0 aliphatic heterocycles. The highest BCUT2D eigenvalue weighted by molar-refractivity contribution is 7.26. The Morgan fingerprint density at radius 2 is 1.14 bits per heavy atom. The molecule has 0 spiro atoms. The predicted octanol–water partition coefficient (Wildman–Crippen LogP) is 10.1. The van der Waals surface area contributed by atoms with Gasteiger partial charge in [-0.25, -0.2) is 0 Å². The summed E-state index contributed by atoms with van der Waals surface area (Å²) in [5.41, 5.74) is 2.63. The van der Waals surface area contributed by atoms with Crippen molar-refractivity contribution < 1.29 is 0 Å². The van der Waals surface area contributed by atoms with E-state index < -0.39 is 0 Å². The van der Waals surface area contributed by atoms with Crippen molar-refractivity contribution in [3.63, 3.8) is 0 Å². The SMILES string of the molecule is c1ccc2c(c1)cn1c2c2cc3sc4ccccc4c3cc2c2ccc3sc4ccccc4c3c21. The third kappa shape index (κ3) is 2.28. The Hall–Kier alpha value is -3.92. The second-order valence-electron chi connectivity index (χ2n) is 9.36. The summed E-state index contributed by atoms with van der Waals surface area (Å²) < 4.78 is 7.87. The molecule has 0 radical (unpaired) electrons. The van der Waals surface area contributed by atoms with Crippen molar-refractivity contribution in [3.05, 3.63) is 103 Å². The minimum absolute atomic E-state index is 1.29. The monoisotopic (exact) mass is 479 g/mol. The molecule has 9 rings (SSSR count). The van der Waals surface area contributed by atoms with Gasteiger partial charge >= 0.3 is 0 Å². The highest BCUT2D eigenvalue weighted by Gasteiger charge is 2.18. The molecule has 0 fully saturated rings. The fraction of sp³-hybridized carbons (Fsp3) is 0. The van der Waals surface area contributed by atoms with Gasteiger partial charge in [-0.15, -0.1) is 22.7 Å². The molecule has 0 atom stereocenters. The van der Waals surface area contributed by atoms with Crippen molar-refractivity contribution in [2.45, 2.75) is 0 Å². The number of hydrogen-bond acceptors (Lipinski definition) is 2. The highest BCUT2D eigenvalue weighted by Crippen LogP contribution is 2.45. The average molecular weight is 480 g/mol. The fourth-order valence-electron chi connectivity index (χ4n) is 6.07. The van der Waals surface area contributed by atoms with Crippen molar-refractivity contribution in [3.8, 4) is 0 Å². The minimum atomic E-state index is 1.29. The molecule has 0 saturated carbocycles. The van der Waals surface area contributed by atoms with E-state index in [1.165, 1.54) is 78.3 Å². The van der Waals surface area contributed by atoms with Gasteiger partial charge in [-0.1, -0.05) is 66.7 Å². The molecule has 0 bridgehead atoms. The molecule has 35 heavy (non-hydrogen) atoms. The van der Waals surface area contributed by atoms with Crippen LogP contribution in [0.4, 0.5) is 0 Å². The van der Waals surface area contributed by atoms with Crippen LogP contribution < -0.4 is 0 Å². The molecule has 0 amide bonds. The number of nitrogens with zero attached hydrogens (tertiary/aromatic N) is 1. The van der Waals surface area contributed by atoms with Crippen molar-refractivity contribution in [2.24, 2.45) is 0 Å². The molecule has 0 N–H and O–H groups in total. The third-order valence-corrected chi connectivity index (χ3v) is 9.81. The maximum atomic E-state index is 2.48. The lowest BCUT2D eigenvalue weighted by molar-refractivity contribution is 1.31. The Labute approximate surface area is 208 Å². The number of aromatic nitrogens is 1. The van der Waals surface area contributed by atoms with Crippen molar-refractivity contribution in [2.75, 3.05) is 0 Å². The Bertz CT molecular complexity index is 2330. The first-order chi connectivity index (χ1) is 17.3. The normalized spacial score (nSPS) is 12.6. The first kappa shape index (κ1) is 18.4. The van der Waals surface area contributed by atoms with Gasteiger partial charge in [-0.05, 0) is 35.7 Å². The molecule has 0 aliphatic carbocycles. The van der Waals surface area contributed by atoms with E-state index in [-0.39, 0.29) is 0 Å². The van der Waals surface area contributed by atoms with Gasteiger partial charge in [0.25, 0.3) is 0 Å². The maximum absolute atomic E-state index is 2.48. The summed E-state index contributed by atoms with van der Waals surface area (Å²) in [6.07, 6.45) is 2.34. The minimum Gasteiger partial charge on any atom is -0.314 e. The lowest BCUT2D eigenvalue weighted by Crippen LogP contribution is -1.90. The molecule has 3 heteroatoms. The Morgan fingerprint density at radius 1 is 0.429 bits per heavy atom. The predicted molar refractivity (Wildman–Crippen MR) is 156 cm³/mol. The van der Waals surface area contributed by atoms with E-state index in [0.717, 1.165) is 0 Å². The van der Waals surface area contributed by atoms with Crippen LogP contribution in [0.1, 0.15) is 0 Å². The van der Waals surface area contributed by atoms with E-state index in [2.05, 4.69) is 108 Å². The average Bonchev–Trinajstić information content (AvgIpc) is 3.58. The summed E-state index contributed by atoms with van der Waals surface area (Å²) in [4.78, 5) is 0. The lowest BCUT2D eigenvalue weighted by Gasteiger charge is -2.12. The van der Waals surface area contributed by atoms with E-state index in [4.69, 9.17) is 0 Å². The standard InChI is InChI=1S/C32H17NS2/c1-2-8-19-18(7-1)17-33-31(19)25-16-29-24(20-9-3-5-11-26(20)35-29)15-23(25)21-13-14-28-30(32(21)33)22-10-4-6-12-27(22)34-28/h1-17H. The zero-order valence-electron chi connectivity index (χ0n) is 18.6. The third-order valence-electron chi connectivity index (χ3n) is 7.54. The topological polar surface area (TPSA) is 4.41 Å². The van der Waals surface area contributed by atoms with Crippen LogP contribution in [0.25, 0.3) is 78.3 Å². The number of fused-ring (bicyclic) bond motifs is 15. The van der Waals surface area contributed by atoms with Crippen molar-refractivity contribution in [1.82, 2.24) is 4.40 Å². The van der Waals surface area contributed by atoms with E-state index in [0.29, 0.717) is 0 Å².